The van der Waals surface area contributed by atoms with Gasteiger partial charge in [-0.3, -0.25) is 4.79 Å². The zero-order chi connectivity index (χ0) is 15.5. The first kappa shape index (κ1) is 14.8. The van der Waals surface area contributed by atoms with Crippen LogP contribution in [0.1, 0.15) is 21.8 Å². The maximum absolute atomic E-state index is 12.6. The number of halogens is 3. The second-order valence-electron chi connectivity index (χ2n) is 4.14. The van der Waals surface area contributed by atoms with Crippen molar-refractivity contribution in [2.75, 3.05) is 12.3 Å². The summed E-state index contributed by atoms with van der Waals surface area (Å²) in [6.07, 6.45) is -3.06. The standard InChI is InChI=1S/C12H11F3N4O2/c13-12(14,15)7-1-2-9(16)8(5-7)11(20)17-4-3-10-18-6-19-21-10/h1-2,5-6H,3-4,16H2,(H,17,20). The quantitative estimate of drug-likeness (QED) is 0.837. The Morgan fingerprint density at radius 3 is 2.76 bits per heavy atom. The van der Waals surface area contributed by atoms with Crippen molar-refractivity contribution in [3.8, 4) is 0 Å². The molecule has 0 radical (unpaired) electrons. The van der Waals surface area contributed by atoms with E-state index in [1.807, 2.05) is 0 Å². The number of aromatic nitrogens is 2. The Hall–Kier alpha value is -2.58. The van der Waals surface area contributed by atoms with E-state index in [-0.39, 0.29) is 24.2 Å². The lowest BCUT2D eigenvalue weighted by molar-refractivity contribution is -0.137. The lowest BCUT2D eigenvalue weighted by Crippen LogP contribution is -2.27. The van der Waals surface area contributed by atoms with Gasteiger partial charge in [0, 0.05) is 18.7 Å². The van der Waals surface area contributed by atoms with Crippen LogP contribution in [-0.4, -0.2) is 22.6 Å². The van der Waals surface area contributed by atoms with E-state index in [0.717, 1.165) is 18.2 Å². The Labute approximate surface area is 117 Å². The zero-order valence-corrected chi connectivity index (χ0v) is 10.6. The highest BCUT2D eigenvalue weighted by Crippen LogP contribution is 2.31. The van der Waals surface area contributed by atoms with Crippen molar-refractivity contribution in [1.82, 2.24) is 15.5 Å². The average molecular weight is 300 g/mol. The van der Waals surface area contributed by atoms with E-state index in [2.05, 4.69) is 15.5 Å². The van der Waals surface area contributed by atoms with Crippen LogP contribution in [0.15, 0.2) is 29.0 Å². The summed E-state index contributed by atoms with van der Waals surface area (Å²) in [6, 6.07) is 2.59. The lowest BCUT2D eigenvalue weighted by atomic mass is 10.1. The van der Waals surface area contributed by atoms with Crippen LogP contribution in [0.5, 0.6) is 0 Å². The Bertz CT molecular complexity index is 626. The van der Waals surface area contributed by atoms with E-state index in [0.29, 0.717) is 5.89 Å². The third-order valence-electron chi connectivity index (χ3n) is 2.66. The highest BCUT2D eigenvalue weighted by molar-refractivity contribution is 5.99. The summed E-state index contributed by atoms with van der Waals surface area (Å²) in [4.78, 5) is 15.6. The maximum atomic E-state index is 12.6. The molecule has 0 unspecified atom stereocenters. The number of anilines is 1. The van der Waals surface area contributed by atoms with Crippen LogP contribution < -0.4 is 11.1 Å². The highest BCUT2D eigenvalue weighted by atomic mass is 19.4. The van der Waals surface area contributed by atoms with Gasteiger partial charge in [0.2, 0.25) is 5.89 Å². The van der Waals surface area contributed by atoms with Gasteiger partial charge in [0.25, 0.3) is 5.91 Å². The second kappa shape index (κ2) is 5.81. The van der Waals surface area contributed by atoms with Crippen LogP contribution in [-0.2, 0) is 12.6 Å². The predicted octanol–water partition coefficient (Wildman–Crippen LogP) is 1.64. The molecule has 0 bridgehead atoms. The van der Waals surface area contributed by atoms with E-state index in [1.165, 1.54) is 6.33 Å². The molecule has 21 heavy (non-hydrogen) atoms. The van der Waals surface area contributed by atoms with Crippen molar-refractivity contribution in [2.45, 2.75) is 12.6 Å². The van der Waals surface area contributed by atoms with Gasteiger partial charge >= 0.3 is 6.18 Å². The first-order valence-corrected chi connectivity index (χ1v) is 5.88. The molecule has 0 fully saturated rings. The van der Waals surface area contributed by atoms with E-state index >= 15 is 0 Å². The first-order chi connectivity index (χ1) is 9.88. The smallest absolute Gasteiger partial charge is 0.398 e. The molecule has 0 spiro atoms. The molecule has 0 saturated carbocycles. The molecule has 0 aliphatic carbocycles. The number of carbonyl (C=O) groups excluding carboxylic acids is 1. The largest absolute Gasteiger partial charge is 0.416 e. The molecule has 2 rings (SSSR count). The number of hydrogen-bond donors (Lipinski definition) is 2. The van der Waals surface area contributed by atoms with Crippen molar-refractivity contribution in [2.24, 2.45) is 0 Å². The van der Waals surface area contributed by atoms with Gasteiger partial charge in [-0.05, 0) is 18.2 Å². The number of alkyl halides is 3. The molecule has 3 N–H and O–H groups in total. The summed E-state index contributed by atoms with van der Waals surface area (Å²) in [5, 5.41) is 5.83. The number of nitrogens with zero attached hydrogens (tertiary/aromatic N) is 2. The molecule has 1 amide bonds. The minimum Gasteiger partial charge on any atom is -0.398 e. The second-order valence-corrected chi connectivity index (χ2v) is 4.14. The molecule has 6 nitrogen and oxygen atoms in total. The molecular formula is C12H11F3N4O2. The summed E-state index contributed by atoms with van der Waals surface area (Å²) in [5.41, 5.74) is 4.34. The van der Waals surface area contributed by atoms with Crippen molar-refractivity contribution in [3.63, 3.8) is 0 Å². The van der Waals surface area contributed by atoms with Crippen LogP contribution in [0.2, 0.25) is 0 Å². The Morgan fingerprint density at radius 2 is 2.14 bits per heavy atom. The molecular weight excluding hydrogens is 289 g/mol. The fourth-order valence-electron chi connectivity index (χ4n) is 1.61. The van der Waals surface area contributed by atoms with Gasteiger partial charge in [0.15, 0.2) is 6.33 Å². The molecule has 1 heterocycles. The normalized spacial score (nSPS) is 11.4. The number of amides is 1. The maximum Gasteiger partial charge on any atom is 0.416 e. The van der Waals surface area contributed by atoms with Crippen LogP contribution in [0.3, 0.4) is 0 Å². The molecule has 9 heteroatoms. The van der Waals surface area contributed by atoms with Crippen molar-refractivity contribution < 1.29 is 22.5 Å². The fraction of sp³-hybridized carbons (Fsp3) is 0.250. The van der Waals surface area contributed by atoms with Crippen LogP contribution in [0.25, 0.3) is 0 Å². The first-order valence-electron chi connectivity index (χ1n) is 5.88. The minimum absolute atomic E-state index is 0.0294. The Morgan fingerprint density at radius 1 is 1.38 bits per heavy atom. The SMILES string of the molecule is Nc1ccc(C(F)(F)F)cc1C(=O)NCCc1ncno1. The molecule has 0 aliphatic rings. The predicted molar refractivity (Wildman–Crippen MR) is 66.2 cm³/mol. The molecule has 2 aromatic rings. The van der Waals surface area contributed by atoms with Gasteiger partial charge < -0.3 is 15.6 Å². The van der Waals surface area contributed by atoms with Crippen molar-refractivity contribution >= 4 is 11.6 Å². The van der Waals surface area contributed by atoms with E-state index in [9.17, 15) is 18.0 Å². The number of benzene rings is 1. The van der Waals surface area contributed by atoms with Gasteiger partial charge in [0.1, 0.15) is 0 Å². The van der Waals surface area contributed by atoms with Gasteiger partial charge in [-0.25, -0.2) is 0 Å². The highest BCUT2D eigenvalue weighted by Gasteiger charge is 2.31. The third-order valence-corrected chi connectivity index (χ3v) is 2.66. The van der Waals surface area contributed by atoms with E-state index in [1.54, 1.807) is 0 Å². The van der Waals surface area contributed by atoms with Crippen molar-refractivity contribution in [3.05, 3.63) is 41.5 Å². The van der Waals surface area contributed by atoms with Gasteiger partial charge in [-0.15, -0.1) is 0 Å². The monoisotopic (exact) mass is 300 g/mol. The summed E-state index contributed by atoms with van der Waals surface area (Å²) < 4.78 is 42.5. The number of nitrogens with one attached hydrogen (secondary N) is 1. The number of carbonyl (C=O) groups is 1. The summed E-state index contributed by atoms with van der Waals surface area (Å²) >= 11 is 0. The van der Waals surface area contributed by atoms with E-state index < -0.39 is 17.6 Å². The number of nitrogens with two attached hydrogens (primary N) is 1. The molecule has 112 valence electrons. The number of nitrogen functional groups attached to an aromatic ring is 1. The van der Waals surface area contributed by atoms with Gasteiger partial charge in [-0.2, -0.15) is 18.2 Å². The zero-order valence-electron chi connectivity index (χ0n) is 10.6. The lowest BCUT2D eigenvalue weighted by Gasteiger charge is -2.11. The molecule has 1 aromatic carbocycles. The van der Waals surface area contributed by atoms with Crippen LogP contribution >= 0.6 is 0 Å². The molecule has 0 saturated heterocycles. The fourth-order valence-corrected chi connectivity index (χ4v) is 1.61. The molecule has 0 aliphatic heterocycles. The number of hydrogen-bond acceptors (Lipinski definition) is 5. The molecule has 0 atom stereocenters. The topological polar surface area (TPSA) is 94.0 Å². The summed E-state index contributed by atoms with van der Waals surface area (Å²) in [7, 11) is 0. The van der Waals surface area contributed by atoms with Crippen molar-refractivity contribution in [1.29, 1.82) is 0 Å². The Balaban J connectivity index is 2.04. The van der Waals surface area contributed by atoms with Crippen LogP contribution in [0, 0.1) is 0 Å². The third kappa shape index (κ3) is 3.71. The average Bonchev–Trinajstić information content (AvgIpc) is 2.91. The van der Waals surface area contributed by atoms with Crippen LogP contribution in [0.4, 0.5) is 18.9 Å². The van der Waals surface area contributed by atoms with Gasteiger partial charge in [0.05, 0.1) is 11.1 Å². The summed E-state index contributed by atoms with van der Waals surface area (Å²) in [6.45, 7) is 0.136. The Kier molecular flexibility index (Phi) is 4.10. The molecule has 1 aromatic heterocycles. The van der Waals surface area contributed by atoms with Gasteiger partial charge in [-0.1, -0.05) is 5.16 Å². The number of rotatable bonds is 4. The minimum atomic E-state index is -4.54. The van der Waals surface area contributed by atoms with E-state index in [4.69, 9.17) is 10.3 Å². The summed E-state index contributed by atoms with van der Waals surface area (Å²) in [5.74, 6) is -0.384.